The summed E-state index contributed by atoms with van der Waals surface area (Å²) < 4.78 is 3.28. The van der Waals surface area contributed by atoms with E-state index >= 15 is 0 Å². The molecule has 2 aromatic carbocycles. The highest BCUT2D eigenvalue weighted by Gasteiger charge is 2.14. The first-order chi connectivity index (χ1) is 10.8. The van der Waals surface area contributed by atoms with E-state index in [1.807, 2.05) is 60.8 Å². The first-order valence-corrected chi connectivity index (χ1v) is 7.45. The van der Waals surface area contributed by atoms with Crippen molar-refractivity contribution in [1.82, 2.24) is 14.3 Å². The van der Waals surface area contributed by atoms with E-state index in [2.05, 4.69) is 5.10 Å². The van der Waals surface area contributed by atoms with E-state index in [-0.39, 0.29) is 11.6 Å². The van der Waals surface area contributed by atoms with Crippen LogP contribution in [0, 0.1) is 0 Å². The number of fused-ring (bicyclic) bond motifs is 3. The molecule has 4 aromatic rings. The molecule has 0 aliphatic heterocycles. The lowest BCUT2D eigenvalue weighted by Gasteiger charge is -2.06. The van der Waals surface area contributed by atoms with E-state index in [9.17, 15) is 4.79 Å². The molecule has 0 saturated heterocycles. The number of benzene rings is 2. The molecule has 0 atom stereocenters. The molecule has 2 aromatic heterocycles. The van der Waals surface area contributed by atoms with E-state index in [0.29, 0.717) is 5.52 Å². The number of hydrogen-bond acceptors (Lipinski definition) is 2. The predicted molar refractivity (Wildman–Crippen MR) is 88.7 cm³/mol. The highest BCUT2D eigenvalue weighted by atomic mass is 35.5. The van der Waals surface area contributed by atoms with Crippen LogP contribution in [-0.4, -0.2) is 14.3 Å². The Morgan fingerprint density at radius 1 is 0.955 bits per heavy atom. The van der Waals surface area contributed by atoms with Crippen molar-refractivity contribution in [3.63, 3.8) is 0 Å². The van der Waals surface area contributed by atoms with Crippen molar-refractivity contribution in [2.75, 3.05) is 0 Å². The molecule has 22 heavy (non-hydrogen) atoms. The fourth-order valence-corrected chi connectivity index (χ4v) is 2.97. The molecule has 0 N–H and O–H groups in total. The smallest absolute Gasteiger partial charge is 0.280 e. The fraction of sp³-hybridized carbons (Fsp3) is 0.0588. The van der Waals surface area contributed by atoms with Crippen molar-refractivity contribution >= 4 is 33.4 Å². The summed E-state index contributed by atoms with van der Waals surface area (Å²) in [7, 11) is 0. The Kier molecular flexibility index (Phi) is 2.98. The van der Waals surface area contributed by atoms with Crippen molar-refractivity contribution in [1.29, 1.82) is 0 Å². The Hall–Kier alpha value is -2.59. The van der Waals surface area contributed by atoms with Crippen molar-refractivity contribution in [3.8, 4) is 5.69 Å². The van der Waals surface area contributed by atoms with Crippen LogP contribution in [0.2, 0.25) is 0 Å². The van der Waals surface area contributed by atoms with Gasteiger partial charge in [0.05, 0.1) is 11.2 Å². The average molecular weight is 310 g/mol. The van der Waals surface area contributed by atoms with Gasteiger partial charge in [-0.25, -0.2) is 4.68 Å². The third kappa shape index (κ3) is 1.84. The minimum absolute atomic E-state index is 0.105. The number of hydrogen-bond donors (Lipinski definition) is 0. The van der Waals surface area contributed by atoms with Crippen LogP contribution in [0.1, 0.15) is 0 Å². The second-order valence-corrected chi connectivity index (χ2v) is 5.28. The number of nitrogens with zero attached hydrogens (tertiary/aromatic N) is 3. The van der Waals surface area contributed by atoms with E-state index in [1.54, 1.807) is 9.25 Å². The topological polar surface area (TPSA) is 39.8 Å². The Morgan fingerprint density at radius 2 is 1.68 bits per heavy atom. The first kappa shape index (κ1) is 13.1. The van der Waals surface area contributed by atoms with Gasteiger partial charge in [-0.2, -0.15) is 5.10 Å². The summed E-state index contributed by atoms with van der Waals surface area (Å²) in [4.78, 5) is 12.6. The SMILES string of the molecule is O=c1c2nn(-c3ccccc3)cc2c2ccccc2n1CCl. The minimum atomic E-state index is -0.168. The van der Waals surface area contributed by atoms with Crippen molar-refractivity contribution in [2.45, 2.75) is 6.00 Å². The van der Waals surface area contributed by atoms with Gasteiger partial charge in [-0.05, 0) is 18.2 Å². The fourth-order valence-electron chi connectivity index (χ4n) is 2.73. The summed E-state index contributed by atoms with van der Waals surface area (Å²) >= 11 is 5.96. The molecular weight excluding hydrogens is 298 g/mol. The second kappa shape index (κ2) is 5.00. The maximum Gasteiger partial charge on any atom is 0.280 e. The quantitative estimate of drug-likeness (QED) is 0.531. The van der Waals surface area contributed by atoms with Gasteiger partial charge in [-0.3, -0.25) is 9.36 Å². The van der Waals surface area contributed by atoms with Crippen molar-refractivity contribution < 1.29 is 0 Å². The molecule has 0 radical (unpaired) electrons. The maximum absolute atomic E-state index is 12.6. The van der Waals surface area contributed by atoms with Gasteiger partial charge < -0.3 is 0 Å². The minimum Gasteiger partial charge on any atom is -0.292 e. The molecule has 108 valence electrons. The molecular formula is C17H12ClN3O. The number of aromatic nitrogens is 3. The van der Waals surface area contributed by atoms with Crippen LogP contribution < -0.4 is 5.56 Å². The van der Waals surface area contributed by atoms with Crippen molar-refractivity contribution in [2.24, 2.45) is 0 Å². The highest BCUT2D eigenvalue weighted by Crippen LogP contribution is 2.23. The zero-order valence-corrected chi connectivity index (χ0v) is 12.4. The van der Waals surface area contributed by atoms with E-state index < -0.39 is 0 Å². The molecule has 0 spiro atoms. The summed E-state index contributed by atoms with van der Waals surface area (Å²) in [5.41, 5.74) is 2.00. The van der Waals surface area contributed by atoms with Gasteiger partial charge in [0.2, 0.25) is 0 Å². The van der Waals surface area contributed by atoms with Crippen LogP contribution in [0.5, 0.6) is 0 Å². The van der Waals surface area contributed by atoms with Crippen LogP contribution in [0.15, 0.2) is 65.6 Å². The number of para-hydroxylation sites is 2. The predicted octanol–water partition coefficient (Wildman–Crippen LogP) is 3.54. The monoisotopic (exact) mass is 309 g/mol. The number of halogens is 1. The lowest BCUT2D eigenvalue weighted by atomic mass is 10.1. The van der Waals surface area contributed by atoms with Crippen LogP contribution in [0.3, 0.4) is 0 Å². The lowest BCUT2D eigenvalue weighted by Crippen LogP contribution is -2.19. The molecule has 0 aliphatic rings. The number of pyridine rings is 1. The standard InChI is InChI=1S/C17H12ClN3O/c18-11-20-15-9-5-4-8-13(15)14-10-21(19-16(14)17(20)22)12-6-2-1-3-7-12/h1-10H,11H2. The molecule has 0 aliphatic carbocycles. The molecule has 0 fully saturated rings. The zero-order chi connectivity index (χ0) is 15.1. The summed E-state index contributed by atoms with van der Waals surface area (Å²) in [6.07, 6.45) is 1.90. The van der Waals surface area contributed by atoms with Crippen LogP contribution >= 0.6 is 11.6 Å². The third-order valence-corrected chi connectivity index (χ3v) is 4.03. The van der Waals surface area contributed by atoms with Gasteiger partial charge >= 0.3 is 0 Å². The highest BCUT2D eigenvalue weighted by molar-refractivity contribution is 6.16. The third-order valence-electron chi connectivity index (χ3n) is 3.79. The molecule has 4 rings (SSSR count). The number of alkyl halides is 1. The Morgan fingerprint density at radius 3 is 2.45 bits per heavy atom. The summed E-state index contributed by atoms with van der Waals surface area (Å²) in [5.74, 6) is 0. The van der Waals surface area contributed by atoms with Gasteiger partial charge in [0, 0.05) is 17.0 Å². The summed E-state index contributed by atoms with van der Waals surface area (Å²) in [6.45, 7) is 0. The zero-order valence-electron chi connectivity index (χ0n) is 11.6. The first-order valence-electron chi connectivity index (χ1n) is 6.92. The lowest BCUT2D eigenvalue weighted by molar-refractivity contribution is 0.861. The Bertz CT molecular complexity index is 1030. The molecule has 0 unspecified atom stereocenters. The van der Waals surface area contributed by atoms with E-state index in [0.717, 1.165) is 22.0 Å². The summed E-state index contributed by atoms with van der Waals surface area (Å²) in [5, 5.41) is 6.28. The van der Waals surface area contributed by atoms with Crippen LogP contribution in [0.25, 0.3) is 27.5 Å². The van der Waals surface area contributed by atoms with Gasteiger partial charge in [0.15, 0.2) is 5.52 Å². The van der Waals surface area contributed by atoms with Gasteiger partial charge in [-0.1, -0.05) is 36.4 Å². The molecule has 4 nitrogen and oxygen atoms in total. The van der Waals surface area contributed by atoms with E-state index in [1.165, 1.54) is 0 Å². The van der Waals surface area contributed by atoms with Gasteiger partial charge in [0.25, 0.3) is 5.56 Å². The Balaban J connectivity index is 2.14. The largest absolute Gasteiger partial charge is 0.292 e. The van der Waals surface area contributed by atoms with Crippen molar-refractivity contribution in [3.05, 3.63) is 71.1 Å². The summed E-state index contributed by atoms with van der Waals surface area (Å²) in [6, 6.07) is 17.6. The average Bonchev–Trinajstić information content (AvgIpc) is 3.02. The second-order valence-electron chi connectivity index (χ2n) is 5.04. The molecule has 0 bridgehead atoms. The van der Waals surface area contributed by atoms with Crippen LogP contribution in [0.4, 0.5) is 0 Å². The maximum atomic E-state index is 12.6. The molecule has 0 amide bonds. The van der Waals surface area contributed by atoms with Gasteiger partial charge in [0.1, 0.15) is 6.00 Å². The van der Waals surface area contributed by atoms with Crippen LogP contribution in [-0.2, 0) is 6.00 Å². The molecule has 2 heterocycles. The Labute approximate surface area is 131 Å². The van der Waals surface area contributed by atoms with Gasteiger partial charge in [-0.15, -0.1) is 11.6 Å². The molecule has 0 saturated carbocycles. The normalized spacial score (nSPS) is 11.3. The molecule has 5 heteroatoms. The number of rotatable bonds is 2. The van der Waals surface area contributed by atoms with E-state index in [4.69, 9.17) is 11.6 Å².